The second-order valence-corrected chi connectivity index (χ2v) is 9.68. The van der Waals surface area contributed by atoms with E-state index in [1.54, 1.807) is 48.5 Å². The number of hydrogen-bond acceptors (Lipinski definition) is 8. The molecule has 1 fully saturated rings. The summed E-state index contributed by atoms with van der Waals surface area (Å²) in [6.07, 6.45) is -0.530. The van der Waals surface area contributed by atoms with E-state index in [1.165, 1.54) is 45.4 Å². The summed E-state index contributed by atoms with van der Waals surface area (Å²) >= 11 is 0. The molecule has 4 atom stereocenters. The van der Waals surface area contributed by atoms with Gasteiger partial charge in [-0.2, -0.15) is 0 Å². The van der Waals surface area contributed by atoms with Gasteiger partial charge in [0.15, 0.2) is 0 Å². The molecule has 1 aliphatic carbocycles. The number of nitro benzene ring substituents is 1. The molecule has 0 radical (unpaired) electrons. The van der Waals surface area contributed by atoms with E-state index in [-0.39, 0.29) is 16.9 Å². The fourth-order valence-corrected chi connectivity index (χ4v) is 5.32. The van der Waals surface area contributed by atoms with Gasteiger partial charge in [0, 0.05) is 24.0 Å². The van der Waals surface area contributed by atoms with Crippen LogP contribution < -0.4 is 20.1 Å². The molecule has 1 aliphatic rings. The van der Waals surface area contributed by atoms with E-state index in [4.69, 9.17) is 9.47 Å². The maximum atomic E-state index is 13.9. The van der Waals surface area contributed by atoms with Crippen LogP contribution in [0.4, 0.5) is 17.1 Å². The molecule has 2 amide bonds. The Morgan fingerprint density at radius 2 is 1.40 bits per heavy atom. The lowest BCUT2D eigenvalue weighted by Crippen LogP contribution is -2.56. The van der Waals surface area contributed by atoms with Crippen molar-refractivity contribution in [3.63, 3.8) is 0 Å². The molecule has 208 valence electrons. The summed E-state index contributed by atoms with van der Waals surface area (Å²) in [5.41, 5.74) is -1.79. The van der Waals surface area contributed by atoms with Crippen LogP contribution in [0.2, 0.25) is 0 Å². The number of aliphatic hydroxyl groups is 1. The normalized spacial score (nSPS) is 22.2. The number of nitrogens with one attached hydrogen (secondary N) is 2. The minimum atomic E-state index is -1.95. The predicted molar refractivity (Wildman–Crippen MR) is 146 cm³/mol. The molecule has 4 unspecified atom stereocenters. The van der Waals surface area contributed by atoms with Gasteiger partial charge < -0.3 is 25.2 Å². The number of Topliss-reactive ketones (excluding diaryl/α,β-unsaturated/α-hetero) is 1. The Labute approximate surface area is 230 Å². The Kier molecular flexibility index (Phi) is 8.15. The SMILES string of the molecule is COc1ccccc1NC(=O)C1C(=O)CC(C)(O)C(C(=O)Nc2ccccc2OC)C1c1ccccc1[N+](=O)[O-]. The number of rotatable bonds is 8. The van der Waals surface area contributed by atoms with Crippen LogP contribution in [0.1, 0.15) is 24.8 Å². The zero-order chi connectivity index (χ0) is 29.0. The van der Waals surface area contributed by atoms with Crippen LogP contribution in [0.15, 0.2) is 72.8 Å². The number of ether oxygens (including phenoxy) is 2. The van der Waals surface area contributed by atoms with E-state index in [9.17, 15) is 29.6 Å². The number of nitrogens with zero attached hydrogens (tertiary/aromatic N) is 1. The van der Waals surface area contributed by atoms with Crippen molar-refractivity contribution in [2.24, 2.45) is 11.8 Å². The number of nitro groups is 1. The molecule has 3 N–H and O–H groups in total. The lowest BCUT2D eigenvalue weighted by Gasteiger charge is -2.44. The van der Waals surface area contributed by atoms with Crippen LogP contribution in [0.5, 0.6) is 11.5 Å². The summed E-state index contributed by atoms with van der Waals surface area (Å²) in [5.74, 6) is -5.88. The number of para-hydroxylation sites is 5. The van der Waals surface area contributed by atoms with Gasteiger partial charge in [-0.3, -0.25) is 24.5 Å². The summed E-state index contributed by atoms with van der Waals surface area (Å²) in [6.45, 7) is 1.31. The van der Waals surface area contributed by atoms with Crippen LogP contribution in [0, 0.1) is 22.0 Å². The van der Waals surface area contributed by atoms with Crippen molar-refractivity contribution in [2.75, 3.05) is 24.9 Å². The van der Waals surface area contributed by atoms with Crippen molar-refractivity contribution in [1.29, 1.82) is 0 Å². The standard InChI is InChI=1S/C29H29N3O8/c1-29(36)16-21(33)25(27(34)30-18-11-5-8-14-22(18)39-2)24(17-10-4-7-13-20(17)32(37)38)26(29)28(35)31-19-12-6-9-15-23(19)40-3/h4-15,24-26,36H,16H2,1-3H3,(H,30,34)(H,31,35). The average molecular weight is 548 g/mol. The molecule has 0 aliphatic heterocycles. The number of amides is 2. The lowest BCUT2D eigenvalue weighted by molar-refractivity contribution is -0.385. The average Bonchev–Trinajstić information content (AvgIpc) is 2.92. The van der Waals surface area contributed by atoms with E-state index in [0.29, 0.717) is 17.2 Å². The first-order valence-corrected chi connectivity index (χ1v) is 12.4. The van der Waals surface area contributed by atoms with E-state index in [0.717, 1.165) is 0 Å². The first-order chi connectivity index (χ1) is 19.1. The van der Waals surface area contributed by atoms with Crippen LogP contribution in [0.3, 0.4) is 0 Å². The van der Waals surface area contributed by atoms with E-state index in [2.05, 4.69) is 10.6 Å². The number of anilines is 2. The molecule has 40 heavy (non-hydrogen) atoms. The summed E-state index contributed by atoms with van der Waals surface area (Å²) in [6, 6.07) is 18.7. The molecule has 3 aromatic rings. The molecule has 0 saturated heterocycles. The van der Waals surface area contributed by atoms with Crippen molar-refractivity contribution >= 4 is 34.7 Å². The number of hydrogen-bond donors (Lipinski definition) is 3. The zero-order valence-electron chi connectivity index (χ0n) is 22.1. The zero-order valence-corrected chi connectivity index (χ0v) is 22.1. The summed E-state index contributed by atoms with van der Waals surface area (Å²) in [5, 5.41) is 28.9. The van der Waals surface area contributed by atoms with E-state index in [1.807, 2.05) is 0 Å². The predicted octanol–water partition coefficient (Wildman–Crippen LogP) is 3.93. The third-order valence-electron chi connectivity index (χ3n) is 7.05. The van der Waals surface area contributed by atoms with E-state index < -0.39 is 52.3 Å². The Balaban J connectivity index is 1.85. The van der Waals surface area contributed by atoms with Crippen LogP contribution in [-0.4, -0.2) is 47.4 Å². The summed E-state index contributed by atoms with van der Waals surface area (Å²) < 4.78 is 10.6. The van der Waals surface area contributed by atoms with Crippen molar-refractivity contribution < 1.29 is 33.9 Å². The lowest BCUT2D eigenvalue weighted by atomic mass is 9.61. The molecular formula is C29H29N3O8. The Morgan fingerprint density at radius 3 is 1.95 bits per heavy atom. The fourth-order valence-electron chi connectivity index (χ4n) is 5.32. The molecule has 0 heterocycles. The van der Waals surface area contributed by atoms with Gasteiger partial charge in [-0.05, 0) is 31.2 Å². The molecule has 0 aromatic heterocycles. The summed E-state index contributed by atoms with van der Waals surface area (Å²) in [4.78, 5) is 52.6. The number of methoxy groups -OCH3 is 2. The largest absolute Gasteiger partial charge is 0.495 e. The van der Waals surface area contributed by atoms with Crippen LogP contribution in [0.25, 0.3) is 0 Å². The van der Waals surface area contributed by atoms with Crippen molar-refractivity contribution in [1.82, 2.24) is 0 Å². The monoisotopic (exact) mass is 547 g/mol. The molecule has 0 bridgehead atoms. The molecule has 11 nitrogen and oxygen atoms in total. The molecule has 11 heteroatoms. The van der Waals surface area contributed by atoms with Crippen molar-refractivity contribution in [2.45, 2.75) is 24.9 Å². The van der Waals surface area contributed by atoms with Gasteiger partial charge in [0.25, 0.3) is 5.69 Å². The van der Waals surface area contributed by atoms with Crippen LogP contribution >= 0.6 is 0 Å². The molecular weight excluding hydrogens is 518 g/mol. The number of ketones is 1. The maximum absolute atomic E-state index is 13.9. The van der Waals surface area contributed by atoms with Gasteiger partial charge in [0.2, 0.25) is 11.8 Å². The van der Waals surface area contributed by atoms with Gasteiger partial charge in [-0.25, -0.2) is 0 Å². The Hall–Kier alpha value is -4.77. The van der Waals surface area contributed by atoms with Gasteiger partial charge in [-0.1, -0.05) is 42.5 Å². The van der Waals surface area contributed by atoms with Crippen LogP contribution in [-0.2, 0) is 14.4 Å². The van der Waals surface area contributed by atoms with Crippen molar-refractivity contribution in [3.8, 4) is 11.5 Å². The fraction of sp³-hybridized carbons (Fsp3) is 0.276. The van der Waals surface area contributed by atoms with Gasteiger partial charge in [0.1, 0.15) is 23.2 Å². The number of benzene rings is 3. The summed E-state index contributed by atoms with van der Waals surface area (Å²) in [7, 11) is 2.84. The first kappa shape index (κ1) is 28.2. The molecule has 0 spiro atoms. The first-order valence-electron chi connectivity index (χ1n) is 12.4. The van der Waals surface area contributed by atoms with E-state index >= 15 is 0 Å². The highest BCUT2D eigenvalue weighted by Gasteiger charge is 2.57. The smallest absolute Gasteiger partial charge is 0.272 e. The quantitative estimate of drug-likeness (QED) is 0.218. The number of carbonyl (C=O) groups is 3. The highest BCUT2D eigenvalue weighted by Crippen LogP contribution is 2.49. The maximum Gasteiger partial charge on any atom is 0.272 e. The van der Waals surface area contributed by atoms with Gasteiger partial charge >= 0.3 is 0 Å². The molecule has 3 aromatic carbocycles. The van der Waals surface area contributed by atoms with Crippen molar-refractivity contribution in [3.05, 3.63) is 88.5 Å². The van der Waals surface area contributed by atoms with Gasteiger partial charge in [-0.15, -0.1) is 0 Å². The minimum absolute atomic E-state index is 0.0267. The minimum Gasteiger partial charge on any atom is -0.495 e. The third kappa shape index (κ3) is 5.50. The second-order valence-electron chi connectivity index (χ2n) is 9.68. The second kappa shape index (κ2) is 11.5. The Morgan fingerprint density at radius 1 is 0.900 bits per heavy atom. The number of carbonyl (C=O) groups excluding carboxylic acids is 3. The van der Waals surface area contributed by atoms with Gasteiger partial charge in [0.05, 0.1) is 42.0 Å². The topological polar surface area (TPSA) is 157 Å². The Bertz CT molecular complexity index is 1450. The molecule has 4 rings (SSSR count). The molecule has 1 saturated carbocycles. The highest BCUT2D eigenvalue weighted by atomic mass is 16.6. The third-order valence-corrected chi connectivity index (χ3v) is 7.05. The highest BCUT2D eigenvalue weighted by molar-refractivity contribution is 6.11.